The zero-order chi connectivity index (χ0) is 21.5. The fraction of sp³-hybridized carbons (Fsp3) is 0.522. The summed E-state index contributed by atoms with van der Waals surface area (Å²) in [7, 11) is 0. The van der Waals surface area contributed by atoms with Crippen LogP contribution in [-0.4, -0.2) is 60.6 Å². The Balaban J connectivity index is 1.52. The first kappa shape index (κ1) is 20.2. The fourth-order valence-electron chi connectivity index (χ4n) is 4.72. The van der Waals surface area contributed by atoms with E-state index in [1.54, 1.807) is 11.8 Å². The number of amides is 2. The first-order valence-corrected chi connectivity index (χ1v) is 11.0. The molecule has 0 saturated carbocycles. The molecule has 0 aliphatic carbocycles. The molecule has 2 fully saturated rings. The lowest BCUT2D eigenvalue weighted by Crippen LogP contribution is -2.53. The van der Waals surface area contributed by atoms with Crippen LogP contribution in [-0.2, 0) is 19.1 Å². The number of carbonyl (C=O) groups excluding carboxylic acids is 2. The second kappa shape index (κ2) is 8.09. The molecule has 0 N–H and O–H groups in total. The van der Waals surface area contributed by atoms with E-state index < -0.39 is 0 Å². The van der Waals surface area contributed by atoms with Crippen LogP contribution < -0.4 is 9.80 Å². The lowest BCUT2D eigenvalue weighted by atomic mass is 9.96. The normalized spacial score (nSPS) is 22.2. The van der Waals surface area contributed by atoms with Crippen molar-refractivity contribution in [3.63, 3.8) is 0 Å². The van der Waals surface area contributed by atoms with E-state index in [4.69, 9.17) is 9.47 Å². The molecule has 0 radical (unpaired) electrons. The van der Waals surface area contributed by atoms with Crippen molar-refractivity contribution in [2.75, 3.05) is 42.8 Å². The van der Waals surface area contributed by atoms with Gasteiger partial charge in [0.15, 0.2) is 0 Å². The van der Waals surface area contributed by atoms with Crippen LogP contribution in [0.25, 0.3) is 11.1 Å². The Morgan fingerprint density at radius 3 is 2.52 bits per heavy atom. The number of aromatic nitrogens is 2. The van der Waals surface area contributed by atoms with Crippen LogP contribution in [0.4, 0.5) is 11.4 Å². The summed E-state index contributed by atoms with van der Waals surface area (Å²) in [5.74, 6) is 0.0687. The largest absolute Gasteiger partial charge is 0.381 e. The van der Waals surface area contributed by atoms with Gasteiger partial charge in [-0.1, -0.05) is 6.07 Å². The molecule has 3 aliphatic rings. The molecule has 1 aromatic carbocycles. The number of rotatable bonds is 3. The van der Waals surface area contributed by atoms with Gasteiger partial charge < -0.3 is 19.3 Å². The standard InChI is InChI=1S/C23H28N4O4/c1-15-11-25(23(29)17-5-7-30-8-6-17)22-9-18(3-4-21(22)27(15)16(2)28)19-10-24-26(12-19)20-13-31-14-20/h3-4,9-10,12,15,17,20H,5-8,11,13-14H2,1-2H3. The monoisotopic (exact) mass is 424 g/mol. The maximum Gasteiger partial charge on any atom is 0.230 e. The molecule has 1 unspecified atom stereocenters. The Morgan fingerprint density at radius 2 is 1.84 bits per heavy atom. The molecule has 8 nitrogen and oxygen atoms in total. The zero-order valence-electron chi connectivity index (χ0n) is 18.0. The molecule has 0 bridgehead atoms. The first-order chi connectivity index (χ1) is 15.0. The van der Waals surface area contributed by atoms with Crippen molar-refractivity contribution >= 4 is 23.2 Å². The highest BCUT2D eigenvalue weighted by molar-refractivity contribution is 6.05. The second-order valence-corrected chi connectivity index (χ2v) is 8.68. The summed E-state index contributed by atoms with van der Waals surface area (Å²) < 4.78 is 12.7. The highest BCUT2D eigenvalue weighted by atomic mass is 16.5. The van der Waals surface area contributed by atoms with Gasteiger partial charge in [-0.2, -0.15) is 5.10 Å². The molecule has 4 heterocycles. The summed E-state index contributed by atoms with van der Waals surface area (Å²) >= 11 is 0. The molecule has 2 aromatic rings. The molecular weight excluding hydrogens is 396 g/mol. The quantitative estimate of drug-likeness (QED) is 0.757. The summed E-state index contributed by atoms with van der Waals surface area (Å²) in [6.07, 6.45) is 5.35. The van der Waals surface area contributed by atoms with Crippen molar-refractivity contribution in [2.24, 2.45) is 5.92 Å². The van der Waals surface area contributed by atoms with Crippen LogP contribution in [0, 0.1) is 5.92 Å². The third-order valence-electron chi connectivity index (χ3n) is 6.52. The van der Waals surface area contributed by atoms with Gasteiger partial charge in [-0.15, -0.1) is 0 Å². The van der Waals surface area contributed by atoms with Gasteiger partial charge in [-0.05, 0) is 37.5 Å². The lowest BCUT2D eigenvalue weighted by Gasteiger charge is -2.42. The number of ether oxygens (including phenoxy) is 2. The van der Waals surface area contributed by atoms with Crippen LogP contribution in [0.3, 0.4) is 0 Å². The van der Waals surface area contributed by atoms with Gasteiger partial charge in [0.25, 0.3) is 0 Å². The molecule has 2 amide bonds. The third-order valence-corrected chi connectivity index (χ3v) is 6.52. The highest BCUT2D eigenvalue weighted by Crippen LogP contribution is 2.40. The predicted molar refractivity (Wildman–Crippen MR) is 116 cm³/mol. The summed E-state index contributed by atoms with van der Waals surface area (Å²) in [5.41, 5.74) is 3.55. The maximum absolute atomic E-state index is 13.5. The summed E-state index contributed by atoms with van der Waals surface area (Å²) in [5, 5.41) is 4.49. The van der Waals surface area contributed by atoms with E-state index in [0.29, 0.717) is 33.0 Å². The smallest absolute Gasteiger partial charge is 0.230 e. The second-order valence-electron chi connectivity index (χ2n) is 8.68. The summed E-state index contributed by atoms with van der Waals surface area (Å²) in [6.45, 7) is 6.67. The Hall–Kier alpha value is -2.71. The van der Waals surface area contributed by atoms with Gasteiger partial charge in [0, 0.05) is 44.4 Å². The van der Waals surface area contributed by atoms with Gasteiger partial charge in [-0.25, -0.2) is 0 Å². The molecule has 5 rings (SSSR count). The topological polar surface area (TPSA) is 76.9 Å². The summed E-state index contributed by atoms with van der Waals surface area (Å²) in [6, 6.07) is 6.18. The van der Waals surface area contributed by atoms with E-state index in [9.17, 15) is 9.59 Å². The number of carbonyl (C=O) groups is 2. The first-order valence-electron chi connectivity index (χ1n) is 11.0. The van der Waals surface area contributed by atoms with Gasteiger partial charge in [0.1, 0.15) is 0 Å². The number of benzene rings is 1. The minimum absolute atomic E-state index is 0.0162. The van der Waals surface area contributed by atoms with E-state index in [2.05, 4.69) is 5.10 Å². The predicted octanol–water partition coefficient (Wildman–Crippen LogP) is 2.64. The van der Waals surface area contributed by atoms with Crippen molar-refractivity contribution in [1.29, 1.82) is 0 Å². The van der Waals surface area contributed by atoms with Crippen molar-refractivity contribution < 1.29 is 19.1 Å². The number of fused-ring (bicyclic) bond motifs is 1. The number of hydrogen-bond donors (Lipinski definition) is 0. The SMILES string of the molecule is CC(=O)N1c2ccc(-c3cnn(C4COC4)c3)cc2N(C(=O)C2CCOCC2)CC1C. The average molecular weight is 425 g/mol. The van der Waals surface area contributed by atoms with E-state index >= 15 is 0 Å². The Bertz CT molecular complexity index is 993. The van der Waals surface area contributed by atoms with Gasteiger partial charge in [-0.3, -0.25) is 14.3 Å². The van der Waals surface area contributed by atoms with E-state index in [1.807, 2.05) is 47.1 Å². The lowest BCUT2D eigenvalue weighted by molar-refractivity contribution is -0.125. The molecule has 164 valence electrons. The summed E-state index contributed by atoms with van der Waals surface area (Å²) in [4.78, 5) is 29.5. The molecule has 3 aliphatic heterocycles. The molecule has 8 heteroatoms. The highest BCUT2D eigenvalue weighted by Gasteiger charge is 2.36. The average Bonchev–Trinajstić information content (AvgIpc) is 3.20. The van der Waals surface area contributed by atoms with Crippen molar-refractivity contribution in [3.05, 3.63) is 30.6 Å². The number of nitrogens with zero attached hydrogens (tertiary/aromatic N) is 4. The van der Waals surface area contributed by atoms with E-state index in [1.165, 1.54) is 0 Å². The van der Waals surface area contributed by atoms with Gasteiger partial charge in [0.05, 0.1) is 42.9 Å². The van der Waals surface area contributed by atoms with Crippen molar-refractivity contribution in [1.82, 2.24) is 9.78 Å². The molecule has 0 spiro atoms. The van der Waals surface area contributed by atoms with Crippen LogP contribution in [0.2, 0.25) is 0 Å². The van der Waals surface area contributed by atoms with Gasteiger partial charge in [0.2, 0.25) is 11.8 Å². The minimum Gasteiger partial charge on any atom is -0.381 e. The molecule has 31 heavy (non-hydrogen) atoms. The van der Waals surface area contributed by atoms with Crippen LogP contribution in [0.1, 0.15) is 32.7 Å². The maximum atomic E-state index is 13.5. The Labute approximate surface area is 181 Å². The Morgan fingerprint density at radius 1 is 1.06 bits per heavy atom. The van der Waals surface area contributed by atoms with Crippen LogP contribution >= 0.6 is 0 Å². The molecular formula is C23H28N4O4. The molecule has 1 atom stereocenters. The number of anilines is 2. The van der Waals surface area contributed by atoms with E-state index in [0.717, 1.165) is 35.3 Å². The fourth-order valence-corrected chi connectivity index (χ4v) is 4.72. The van der Waals surface area contributed by atoms with Crippen LogP contribution in [0.15, 0.2) is 30.6 Å². The van der Waals surface area contributed by atoms with Crippen molar-refractivity contribution in [2.45, 2.75) is 38.8 Å². The number of hydrogen-bond acceptors (Lipinski definition) is 5. The Kier molecular flexibility index (Phi) is 5.27. The van der Waals surface area contributed by atoms with E-state index in [-0.39, 0.29) is 29.8 Å². The molecule has 2 saturated heterocycles. The minimum atomic E-state index is -0.0824. The molecule has 1 aromatic heterocycles. The van der Waals surface area contributed by atoms with Gasteiger partial charge >= 0.3 is 0 Å². The zero-order valence-corrected chi connectivity index (χ0v) is 18.0. The van der Waals surface area contributed by atoms with Crippen LogP contribution in [0.5, 0.6) is 0 Å². The third kappa shape index (κ3) is 3.64. The van der Waals surface area contributed by atoms with Crippen molar-refractivity contribution in [3.8, 4) is 11.1 Å².